The van der Waals surface area contributed by atoms with Gasteiger partial charge in [-0.2, -0.15) is 9.61 Å². The third kappa shape index (κ3) is 2.90. The first-order valence-corrected chi connectivity index (χ1v) is 7.84. The third-order valence-electron chi connectivity index (χ3n) is 3.97. The Labute approximate surface area is 140 Å². The summed E-state index contributed by atoms with van der Waals surface area (Å²) in [6.45, 7) is 4.62. The summed E-state index contributed by atoms with van der Waals surface area (Å²) in [5, 5.41) is 14.6. The summed E-state index contributed by atoms with van der Waals surface area (Å²) in [6.07, 6.45) is 0. The zero-order valence-corrected chi connectivity index (χ0v) is 14.2. The van der Waals surface area contributed by atoms with Crippen LogP contribution in [0, 0.1) is 13.8 Å². The van der Waals surface area contributed by atoms with E-state index in [1.165, 1.54) is 0 Å². The number of likely N-dealkylation sites (N-methyl/N-ethyl adjacent to an activating group) is 1. The van der Waals surface area contributed by atoms with Crippen molar-refractivity contribution in [2.24, 2.45) is 0 Å². The molecule has 0 amide bonds. The molecule has 120 valence electrons. The van der Waals surface area contributed by atoms with Crippen molar-refractivity contribution in [1.29, 1.82) is 0 Å². The van der Waals surface area contributed by atoms with E-state index in [1.807, 2.05) is 60.6 Å². The molecule has 0 fully saturated rings. The lowest BCUT2D eigenvalue weighted by Gasteiger charge is -2.21. The number of aryl methyl sites for hydroxylation is 1. The summed E-state index contributed by atoms with van der Waals surface area (Å²) in [5.41, 5.74) is 4.56. The fourth-order valence-electron chi connectivity index (χ4n) is 2.68. The molecule has 5 nitrogen and oxygen atoms in total. The predicted molar refractivity (Wildman–Crippen MR) is 93.3 cm³/mol. The molecule has 0 saturated carbocycles. The van der Waals surface area contributed by atoms with E-state index in [0.29, 0.717) is 11.6 Å². The van der Waals surface area contributed by atoms with Gasteiger partial charge in [-0.05, 0) is 26.0 Å². The Balaban J connectivity index is 2.21. The first kappa shape index (κ1) is 15.8. The molecule has 0 unspecified atom stereocenters. The van der Waals surface area contributed by atoms with Gasteiger partial charge in [0, 0.05) is 41.5 Å². The van der Waals surface area contributed by atoms with Gasteiger partial charge in [0.15, 0.2) is 5.65 Å². The van der Waals surface area contributed by atoms with Crippen molar-refractivity contribution in [2.45, 2.75) is 13.8 Å². The van der Waals surface area contributed by atoms with E-state index in [-0.39, 0.29) is 6.61 Å². The number of halogens is 1. The van der Waals surface area contributed by atoms with Crippen molar-refractivity contribution in [3.63, 3.8) is 0 Å². The number of aliphatic hydroxyl groups is 1. The Bertz CT molecular complexity index is 859. The molecule has 6 heteroatoms. The van der Waals surface area contributed by atoms with Gasteiger partial charge < -0.3 is 10.0 Å². The molecule has 1 aromatic carbocycles. The maximum absolute atomic E-state index is 9.24. The van der Waals surface area contributed by atoms with E-state index < -0.39 is 0 Å². The SMILES string of the molecule is Cc1nc2cc(-c3cccc(Cl)c3)nn2c(N(C)CCO)c1C. The lowest BCUT2D eigenvalue weighted by Crippen LogP contribution is -2.25. The summed E-state index contributed by atoms with van der Waals surface area (Å²) >= 11 is 6.08. The highest BCUT2D eigenvalue weighted by Crippen LogP contribution is 2.27. The highest BCUT2D eigenvalue weighted by molar-refractivity contribution is 6.30. The van der Waals surface area contributed by atoms with Gasteiger partial charge >= 0.3 is 0 Å². The number of rotatable bonds is 4. The van der Waals surface area contributed by atoms with E-state index >= 15 is 0 Å². The van der Waals surface area contributed by atoms with Crippen LogP contribution >= 0.6 is 11.6 Å². The van der Waals surface area contributed by atoms with Crippen LogP contribution in [0.2, 0.25) is 5.02 Å². The molecule has 3 aromatic rings. The Kier molecular flexibility index (Phi) is 4.24. The summed E-state index contributed by atoms with van der Waals surface area (Å²) in [7, 11) is 1.94. The minimum Gasteiger partial charge on any atom is -0.395 e. The smallest absolute Gasteiger partial charge is 0.158 e. The van der Waals surface area contributed by atoms with Crippen LogP contribution in [0.1, 0.15) is 11.3 Å². The first-order valence-electron chi connectivity index (χ1n) is 7.46. The Morgan fingerprint density at radius 1 is 1.26 bits per heavy atom. The van der Waals surface area contributed by atoms with Crippen LogP contribution in [-0.2, 0) is 0 Å². The Morgan fingerprint density at radius 3 is 2.74 bits per heavy atom. The topological polar surface area (TPSA) is 53.7 Å². The Hall–Kier alpha value is -2.11. The van der Waals surface area contributed by atoms with E-state index in [2.05, 4.69) is 4.98 Å². The van der Waals surface area contributed by atoms with Crippen LogP contribution in [0.25, 0.3) is 16.9 Å². The second-order valence-corrected chi connectivity index (χ2v) is 6.04. The molecular formula is C17H19ClN4O. The van der Waals surface area contributed by atoms with Crippen molar-refractivity contribution in [3.05, 3.63) is 46.6 Å². The highest BCUT2D eigenvalue weighted by Gasteiger charge is 2.16. The van der Waals surface area contributed by atoms with Gasteiger partial charge in [-0.3, -0.25) is 0 Å². The van der Waals surface area contributed by atoms with Crippen molar-refractivity contribution in [2.75, 3.05) is 25.1 Å². The number of aromatic nitrogens is 3. The predicted octanol–water partition coefficient (Wildman–Crippen LogP) is 3.10. The maximum Gasteiger partial charge on any atom is 0.158 e. The van der Waals surface area contributed by atoms with Crippen LogP contribution in [0.5, 0.6) is 0 Å². The molecule has 2 heterocycles. The van der Waals surface area contributed by atoms with E-state index in [1.54, 1.807) is 0 Å². The molecule has 1 N–H and O–H groups in total. The molecule has 0 saturated heterocycles. The standard InChI is InChI=1S/C17H19ClN4O/c1-11-12(2)19-16-10-15(13-5-4-6-14(18)9-13)20-22(16)17(11)21(3)7-8-23/h4-6,9-10,23H,7-8H2,1-3H3. The minimum atomic E-state index is 0.0845. The fourth-order valence-corrected chi connectivity index (χ4v) is 2.87. The van der Waals surface area contributed by atoms with Crippen molar-refractivity contribution >= 4 is 23.1 Å². The van der Waals surface area contributed by atoms with Gasteiger partial charge in [-0.15, -0.1) is 0 Å². The number of aliphatic hydroxyl groups excluding tert-OH is 1. The zero-order valence-electron chi connectivity index (χ0n) is 13.4. The van der Waals surface area contributed by atoms with Gasteiger partial charge in [0.1, 0.15) is 5.82 Å². The first-order chi connectivity index (χ1) is 11.0. The summed E-state index contributed by atoms with van der Waals surface area (Å²) in [5.74, 6) is 0.940. The van der Waals surface area contributed by atoms with Crippen molar-refractivity contribution in [3.8, 4) is 11.3 Å². The Morgan fingerprint density at radius 2 is 2.04 bits per heavy atom. The summed E-state index contributed by atoms with van der Waals surface area (Å²) < 4.78 is 1.83. The van der Waals surface area contributed by atoms with Crippen LogP contribution in [0.4, 0.5) is 5.82 Å². The van der Waals surface area contributed by atoms with Gasteiger partial charge in [0.05, 0.1) is 12.3 Å². The molecule has 0 spiro atoms. The van der Waals surface area contributed by atoms with Crippen LogP contribution in [0.3, 0.4) is 0 Å². The minimum absolute atomic E-state index is 0.0845. The molecular weight excluding hydrogens is 312 g/mol. The quantitative estimate of drug-likeness (QED) is 0.798. The molecule has 0 aliphatic heterocycles. The van der Waals surface area contributed by atoms with Crippen LogP contribution in [0.15, 0.2) is 30.3 Å². The third-order valence-corrected chi connectivity index (χ3v) is 4.20. The van der Waals surface area contributed by atoms with E-state index in [9.17, 15) is 5.11 Å². The second-order valence-electron chi connectivity index (χ2n) is 5.60. The fraction of sp³-hybridized carbons (Fsp3) is 0.294. The highest BCUT2D eigenvalue weighted by atomic mass is 35.5. The average Bonchev–Trinajstić information content (AvgIpc) is 2.91. The number of anilines is 1. The van der Waals surface area contributed by atoms with Crippen LogP contribution < -0.4 is 4.90 Å². The molecule has 0 aliphatic carbocycles. The second kappa shape index (κ2) is 6.18. The molecule has 0 radical (unpaired) electrons. The van der Waals surface area contributed by atoms with E-state index in [0.717, 1.165) is 34.0 Å². The van der Waals surface area contributed by atoms with Gasteiger partial charge in [-0.1, -0.05) is 23.7 Å². The average molecular weight is 331 g/mol. The largest absolute Gasteiger partial charge is 0.395 e. The number of benzene rings is 1. The normalized spacial score (nSPS) is 11.2. The lowest BCUT2D eigenvalue weighted by atomic mass is 10.1. The van der Waals surface area contributed by atoms with Gasteiger partial charge in [0.2, 0.25) is 0 Å². The maximum atomic E-state index is 9.24. The monoisotopic (exact) mass is 330 g/mol. The number of hydrogen-bond donors (Lipinski definition) is 1. The molecule has 0 aliphatic rings. The molecule has 2 aromatic heterocycles. The van der Waals surface area contributed by atoms with Crippen molar-refractivity contribution < 1.29 is 5.11 Å². The van der Waals surface area contributed by atoms with Crippen molar-refractivity contribution in [1.82, 2.24) is 14.6 Å². The van der Waals surface area contributed by atoms with Gasteiger partial charge in [0.25, 0.3) is 0 Å². The molecule has 23 heavy (non-hydrogen) atoms. The molecule has 3 rings (SSSR count). The number of hydrogen-bond acceptors (Lipinski definition) is 4. The summed E-state index contributed by atoms with van der Waals surface area (Å²) in [4.78, 5) is 6.62. The van der Waals surface area contributed by atoms with Gasteiger partial charge in [-0.25, -0.2) is 4.98 Å². The number of fused-ring (bicyclic) bond motifs is 1. The molecule has 0 bridgehead atoms. The zero-order chi connectivity index (χ0) is 16.6. The van der Waals surface area contributed by atoms with E-state index in [4.69, 9.17) is 16.7 Å². The number of nitrogens with zero attached hydrogens (tertiary/aromatic N) is 4. The molecule has 0 atom stereocenters. The summed E-state index contributed by atoms with van der Waals surface area (Å²) in [6, 6.07) is 9.57. The van der Waals surface area contributed by atoms with Crippen LogP contribution in [-0.4, -0.2) is 39.9 Å². The lowest BCUT2D eigenvalue weighted by molar-refractivity contribution is 0.303.